The van der Waals surface area contributed by atoms with Crippen molar-refractivity contribution in [2.45, 2.75) is 19.3 Å². The molecule has 0 bridgehead atoms. The molecule has 3 aromatic rings. The van der Waals surface area contributed by atoms with E-state index in [9.17, 15) is 0 Å². The van der Waals surface area contributed by atoms with Gasteiger partial charge in [-0.05, 0) is 5.92 Å². The van der Waals surface area contributed by atoms with Gasteiger partial charge in [-0.15, -0.1) is 5.16 Å². The molecule has 0 saturated heterocycles. The SMILES string of the molecule is CC(C)(c1cc[cH-]c1)c1ccc[cH-]1.O/N=C/[C]1[CH][CH][CH-][CH]1.[Fe+2].[Fe+2].c1cc[cH-]c1. The van der Waals surface area contributed by atoms with Crippen LogP contribution in [0.2, 0.25) is 0 Å². The maximum absolute atomic E-state index is 8.01. The molecule has 1 N–H and O–H groups in total. The summed E-state index contributed by atoms with van der Waals surface area (Å²) >= 11 is 0. The van der Waals surface area contributed by atoms with Gasteiger partial charge in [0.25, 0.3) is 0 Å². The van der Waals surface area contributed by atoms with Crippen molar-refractivity contribution < 1.29 is 39.3 Å². The van der Waals surface area contributed by atoms with Crippen molar-refractivity contribution >= 4 is 6.21 Å². The molecule has 148 valence electrons. The molecular formula is C24H25Fe2NO. The van der Waals surface area contributed by atoms with Crippen molar-refractivity contribution in [2.75, 3.05) is 0 Å². The van der Waals surface area contributed by atoms with E-state index in [-0.39, 0.29) is 39.6 Å². The van der Waals surface area contributed by atoms with Gasteiger partial charge in [-0.2, -0.15) is 72.5 Å². The first kappa shape index (κ1) is 26.6. The Balaban J connectivity index is 0.000000419. The normalized spacial score (nSPS) is 13.5. The molecule has 1 saturated carbocycles. The van der Waals surface area contributed by atoms with Crippen LogP contribution in [-0.2, 0) is 39.6 Å². The number of hydrogen-bond acceptors (Lipinski definition) is 2. The van der Waals surface area contributed by atoms with Crippen LogP contribution in [0.1, 0.15) is 25.0 Å². The Hall–Kier alpha value is -1.44. The molecule has 2 nitrogen and oxygen atoms in total. The third-order valence-electron chi connectivity index (χ3n) is 4.22. The minimum atomic E-state index is 0. The largest absolute Gasteiger partial charge is 2.00 e. The van der Waals surface area contributed by atoms with Crippen molar-refractivity contribution in [3.8, 4) is 0 Å². The van der Waals surface area contributed by atoms with Crippen molar-refractivity contribution in [3.05, 3.63) is 122 Å². The van der Waals surface area contributed by atoms with Gasteiger partial charge in [-0.1, -0.05) is 25.7 Å². The van der Waals surface area contributed by atoms with Crippen molar-refractivity contribution in [2.24, 2.45) is 5.16 Å². The number of nitrogens with zero attached hydrogens (tertiary/aromatic N) is 1. The van der Waals surface area contributed by atoms with Gasteiger partial charge in [-0.3, -0.25) is 0 Å². The fraction of sp³-hybridized carbons (Fsp3) is 0.125. The molecule has 4 radical (unpaired) electrons. The summed E-state index contributed by atoms with van der Waals surface area (Å²) in [5.41, 5.74) is 2.92. The Labute approximate surface area is 191 Å². The molecule has 0 spiro atoms. The molecule has 28 heavy (non-hydrogen) atoms. The molecule has 0 amide bonds. The van der Waals surface area contributed by atoms with E-state index in [0.717, 1.165) is 5.92 Å². The minimum Gasteiger partial charge on any atom is -0.411 e. The zero-order valence-corrected chi connectivity index (χ0v) is 18.2. The van der Waals surface area contributed by atoms with Gasteiger partial charge in [0.05, 0.1) is 0 Å². The average Bonchev–Trinajstić information content (AvgIpc) is 3.48. The first-order chi connectivity index (χ1) is 12.6. The van der Waals surface area contributed by atoms with Crippen LogP contribution >= 0.6 is 0 Å². The summed E-state index contributed by atoms with van der Waals surface area (Å²) in [6.45, 7) is 4.52. The maximum Gasteiger partial charge on any atom is 2.00 e. The van der Waals surface area contributed by atoms with Crippen LogP contribution in [0.25, 0.3) is 0 Å². The molecular weight excluding hydrogens is 430 g/mol. The number of rotatable bonds is 3. The van der Waals surface area contributed by atoms with Crippen LogP contribution in [0.4, 0.5) is 0 Å². The molecule has 0 unspecified atom stereocenters. The Kier molecular flexibility index (Phi) is 13.8. The second-order valence-corrected chi connectivity index (χ2v) is 6.40. The van der Waals surface area contributed by atoms with Crippen molar-refractivity contribution in [1.82, 2.24) is 0 Å². The summed E-state index contributed by atoms with van der Waals surface area (Å²) in [5.74, 6) is 0.924. The number of oxime groups is 1. The van der Waals surface area contributed by atoms with Crippen LogP contribution in [-0.4, -0.2) is 11.4 Å². The fourth-order valence-corrected chi connectivity index (χ4v) is 2.61. The topological polar surface area (TPSA) is 32.6 Å². The standard InChI is InChI=1S/C13H14.C6H6NO.C5H5.2Fe/c1-13(2,11-7-3-4-8-11)12-9-5-6-10-12;8-7-5-6-3-1-2-4-6;1-2-4-5-3-1;;/h3-10H,1-2H3;1-5,8H;1-5H;;/q-2;2*-1;2*+2/b;7-5+;;;. The van der Waals surface area contributed by atoms with Gasteiger partial charge >= 0.3 is 34.1 Å². The monoisotopic (exact) mass is 455 g/mol. The summed E-state index contributed by atoms with van der Waals surface area (Å²) in [6.07, 6.45) is 8.88. The third kappa shape index (κ3) is 8.71. The van der Waals surface area contributed by atoms with Gasteiger partial charge in [0.15, 0.2) is 0 Å². The van der Waals surface area contributed by atoms with E-state index < -0.39 is 0 Å². The molecule has 3 aromatic carbocycles. The van der Waals surface area contributed by atoms with Crippen molar-refractivity contribution in [3.63, 3.8) is 0 Å². The summed E-state index contributed by atoms with van der Waals surface area (Å²) in [7, 11) is 0. The Morgan fingerprint density at radius 2 is 1.71 bits per heavy atom. The minimum absolute atomic E-state index is 0. The van der Waals surface area contributed by atoms with Crippen molar-refractivity contribution in [1.29, 1.82) is 0 Å². The Bertz CT molecular complexity index is 639. The predicted molar refractivity (Wildman–Crippen MR) is 109 cm³/mol. The molecule has 1 fully saturated rings. The zero-order valence-electron chi connectivity index (χ0n) is 16.0. The molecule has 0 heterocycles. The predicted octanol–water partition coefficient (Wildman–Crippen LogP) is 5.70. The molecule has 0 aliphatic heterocycles. The average molecular weight is 455 g/mol. The first-order valence-corrected chi connectivity index (χ1v) is 8.65. The van der Waals surface area contributed by atoms with Gasteiger partial charge in [0, 0.05) is 6.21 Å². The van der Waals surface area contributed by atoms with Crippen LogP contribution in [0.5, 0.6) is 0 Å². The fourth-order valence-electron chi connectivity index (χ4n) is 2.61. The second kappa shape index (κ2) is 14.5. The van der Waals surface area contributed by atoms with Crippen LogP contribution < -0.4 is 0 Å². The molecule has 1 aliphatic rings. The summed E-state index contributed by atoms with van der Waals surface area (Å²) < 4.78 is 0. The van der Waals surface area contributed by atoms with E-state index >= 15 is 0 Å². The zero-order chi connectivity index (χ0) is 18.7. The van der Waals surface area contributed by atoms with E-state index in [4.69, 9.17) is 5.21 Å². The van der Waals surface area contributed by atoms with Gasteiger partial charge < -0.3 is 11.6 Å². The third-order valence-corrected chi connectivity index (χ3v) is 4.22. The summed E-state index contributed by atoms with van der Waals surface area (Å²) in [5, 5.41) is 10.9. The van der Waals surface area contributed by atoms with Gasteiger partial charge in [0.2, 0.25) is 0 Å². The van der Waals surface area contributed by atoms with Crippen LogP contribution in [0.15, 0.2) is 84.0 Å². The second-order valence-electron chi connectivity index (χ2n) is 6.40. The summed E-state index contributed by atoms with van der Waals surface area (Å²) in [4.78, 5) is 0. The van der Waals surface area contributed by atoms with E-state index in [1.807, 2.05) is 56.0 Å². The Morgan fingerprint density at radius 1 is 0.964 bits per heavy atom. The van der Waals surface area contributed by atoms with E-state index in [1.165, 1.54) is 17.3 Å². The molecule has 4 rings (SSSR count). The Morgan fingerprint density at radius 3 is 2.14 bits per heavy atom. The summed E-state index contributed by atoms with van der Waals surface area (Å²) in [6, 6.07) is 27.1. The van der Waals surface area contributed by atoms with Crippen LogP contribution in [0.3, 0.4) is 0 Å². The van der Waals surface area contributed by atoms with E-state index in [2.05, 4.69) is 67.5 Å². The first-order valence-electron chi connectivity index (χ1n) is 8.65. The quantitative estimate of drug-likeness (QED) is 0.178. The number of hydrogen-bond donors (Lipinski definition) is 1. The van der Waals surface area contributed by atoms with E-state index in [1.54, 1.807) is 0 Å². The maximum atomic E-state index is 8.01. The molecule has 1 aliphatic carbocycles. The van der Waals surface area contributed by atoms with Gasteiger partial charge in [0.1, 0.15) is 0 Å². The molecule has 0 aromatic heterocycles. The van der Waals surface area contributed by atoms with Gasteiger partial charge in [-0.25, -0.2) is 30.3 Å². The molecule has 4 heteroatoms. The van der Waals surface area contributed by atoms with Crippen LogP contribution in [0, 0.1) is 31.6 Å². The van der Waals surface area contributed by atoms with E-state index in [0.29, 0.717) is 0 Å². The smallest absolute Gasteiger partial charge is 0.411 e. The molecule has 0 atom stereocenters.